The SMILES string of the molecule is CC(N)Cc1cnc(N(CC2CC2)C2CC2)nc1. The van der Waals surface area contributed by atoms with Crippen molar-refractivity contribution in [2.45, 2.75) is 51.1 Å². The average molecular weight is 246 g/mol. The molecule has 1 unspecified atom stereocenters. The van der Waals surface area contributed by atoms with Gasteiger partial charge in [0, 0.05) is 31.0 Å². The monoisotopic (exact) mass is 246 g/mol. The van der Waals surface area contributed by atoms with E-state index >= 15 is 0 Å². The van der Waals surface area contributed by atoms with Crippen LogP contribution in [0, 0.1) is 5.92 Å². The molecule has 2 saturated carbocycles. The fraction of sp³-hybridized carbons (Fsp3) is 0.714. The second-order valence-corrected chi connectivity index (χ2v) is 5.90. The topological polar surface area (TPSA) is 55.0 Å². The highest BCUT2D eigenvalue weighted by Crippen LogP contribution is 2.36. The molecule has 0 spiro atoms. The minimum Gasteiger partial charge on any atom is -0.338 e. The van der Waals surface area contributed by atoms with E-state index in [1.807, 2.05) is 19.3 Å². The van der Waals surface area contributed by atoms with E-state index in [0.717, 1.165) is 30.4 Å². The lowest BCUT2D eigenvalue weighted by Gasteiger charge is -2.22. The molecule has 1 aromatic heterocycles. The molecule has 0 aliphatic heterocycles. The molecule has 1 heterocycles. The standard InChI is InChI=1S/C14H22N4/c1-10(15)6-12-7-16-14(17-8-12)18(13-4-5-13)9-11-2-3-11/h7-8,10-11,13H,2-6,9,15H2,1H3. The zero-order valence-electron chi connectivity index (χ0n) is 11.0. The maximum absolute atomic E-state index is 5.79. The van der Waals surface area contributed by atoms with Gasteiger partial charge in [-0.2, -0.15) is 0 Å². The van der Waals surface area contributed by atoms with Crippen LogP contribution < -0.4 is 10.6 Å². The quantitative estimate of drug-likeness (QED) is 0.830. The molecule has 1 atom stereocenters. The molecular formula is C14H22N4. The summed E-state index contributed by atoms with van der Waals surface area (Å²) in [6.07, 6.45) is 10.1. The first kappa shape index (κ1) is 11.9. The van der Waals surface area contributed by atoms with Crippen molar-refractivity contribution in [3.63, 3.8) is 0 Å². The normalized spacial score (nSPS) is 20.8. The third kappa shape index (κ3) is 2.99. The first-order valence-electron chi connectivity index (χ1n) is 7.05. The van der Waals surface area contributed by atoms with Gasteiger partial charge in [0.05, 0.1) is 0 Å². The number of aromatic nitrogens is 2. The van der Waals surface area contributed by atoms with Gasteiger partial charge in [-0.3, -0.25) is 0 Å². The molecule has 4 heteroatoms. The second-order valence-electron chi connectivity index (χ2n) is 5.90. The highest BCUT2D eigenvalue weighted by Gasteiger charge is 2.35. The van der Waals surface area contributed by atoms with Crippen molar-refractivity contribution in [3.05, 3.63) is 18.0 Å². The van der Waals surface area contributed by atoms with E-state index in [-0.39, 0.29) is 6.04 Å². The van der Waals surface area contributed by atoms with Crippen LogP contribution in [0.2, 0.25) is 0 Å². The lowest BCUT2D eigenvalue weighted by molar-refractivity contribution is 0.691. The van der Waals surface area contributed by atoms with E-state index in [9.17, 15) is 0 Å². The summed E-state index contributed by atoms with van der Waals surface area (Å²) in [5, 5.41) is 0. The number of anilines is 1. The summed E-state index contributed by atoms with van der Waals surface area (Å²) in [5.41, 5.74) is 6.92. The Hall–Kier alpha value is -1.16. The van der Waals surface area contributed by atoms with E-state index in [1.54, 1.807) is 0 Å². The first-order chi connectivity index (χ1) is 8.72. The Morgan fingerprint density at radius 3 is 2.44 bits per heavy atom. The van der Waals surface area contributed by atoms with Crippen LogP contribution in [0.1, 0.15) is 38.2 Å². The van der Waals surface area contributed by atoms with Crippen LogP contribution in [0.25, 0.3) is 0 Å². The Morgan fingerprint density at radius 2 is 1.94 bits per heavy atom. The lowest BCUT2D eigenvalue weighted by atomic mass is 10.1. The highest BCUT2D eigenvalue weighted by molar-refractivity contribution is 5.34. The first-order valence-corrected chi connectivity index (χ1v) is 7.05. The van der Waals surface area contributed by atoms with Crippen molar-refractivity contribution < 1.29 is 0 Å². The molecule has 2 aliphatic rings. The van der Waals surface area contributed by atoms with Crippen LogP contribution in [0.5, 0.6) is 0 Å². The molecule has 0 bridgehead atoms. The van der Waals surface area contributed by atoms with Gasteiger partial charge in [0.15, 0.2) is 0 Å². The Balaban J connectivity index is 1.68. The van der Waals surface area contributed by atoms with E-state index in [2.05, 4.69) is 14.9 Å². The van der Waals surface area contributed by atoms with E-state index in [1.165, 1.54) is 25.7 Å². The molecule has 0 aromatic carbocycles. The summed E-state index contributed by atoms with van der Waals surface area (Å²) in [5.74, 6) is 1.80. The lowest BCUT2D eigenvalue weighted by Crippen LogP contribution is -2.30. The Bertz CT molecular complexity index is 393. The molecular weight excluding hydrogens is 224 g/mol. The summed E-state index contributed by atoms with van der Waals surface area (Å²) >= 11 is 0. The Morgan fingerprint density at radius 1 is 1.28 bits per heavy atom. The van der Waals surface area contributed by atoms with Gasteiger partial charge in [0.2, 0.25) is 5.95 Å². The van der Waals surface area contributed by atoms with Gasteiger partial charge in [-0.05, 0) is 50.5 Å². The molecule has 0 saturated heterocycles. The van der Waals surface area contributed by atoms with Crippen molar-refractivity contribution >= 4 is 5.95 Å². The van der Waals surface area contributed by atoms with Gasteiger partial charge < -0.3 is 10.6 Å². The number of nitrogens with two attached hydrogens (primary N) is 1. The van der Waals surface area contributed by atoms with Crippen LogP contribution in [-0.2, 0) is 6.42 Å². The number of hydrogen-bond acceptors (Lipinski definition) is 4. The molecule has 2 N–H and O–H groups in total. The van der Waals surface area contributed by atoms with Crippen LogP contribution in [-0.4, -0.2) is 28.6 Å². The van der Waals surface area contributed by atoms with Gasteiger partial charge in [0.25, 0.3) is 0 Å². The largest absolute Gasteiger partial charge is 0.338 e. The van der Waals surface area contributed by atoms with Crippen LogP contribution >= 0.6 is 0 Å². The zero-order valence-corrected chi connectivity index (χ0v) is 11.0. The third-order valence-corrected chi connectivity index (χ3v) is 3.65. The van der Waals surface area contributed by atoms with Crippen LogP contribution in [0.3, 0.4) is 0 Å². The molecule has 1 aromatic rings. The minimum atomic E-state index is 0.172. The molecule has 3 rings (SSSR count). The molecule has 18 heavy (non-hydrogen) atoms. The maximum atomic E-state index is 5.79. The third-order valence-electron chi connectivity index (χ3n) is 3.65. The highest BCUT2D eigenvalue weighted by atomic mass is 15.3. The van der Waals surface area contributed by atoms with Crippen molar-refractivity contribution in [2.75, 3.05) is 11.4 Å². The number of hydrogen-bond donors (Lipinski definition) is 1. The summed E-state index contributed by atoms with van der Waals surface area (Å²) in [4.78, 5) is 11.5. The molecule has 0 radical (unpaired) electrons. The second kappa shape index (κ2) is 4.84. The van der Waals surface area contributed by atoms with Crippen LogP contribution in [0.15, 0.2) is 12.4 Å². The van der Waals surface area contributed by atoms with E-state index in [4.69, 9.17) is 5.73 Å². The van der Waals surface area contributed by atoms with Crippen LogP contribution in [0.4, 0.5) is 5.95 Å². The van der Waals surface area contributed by atoms with Crippen molar-refractivity contribution in [1.29, 1.82) is 0 Å². The molecule has 2 fully saturated rings. The molecule has 98 valence electrons. The zero-order chi connectivity index (χ0) is 12.5. The molecule has 0 amide bonds. The minimum absolute atomic E-state index is 0.172. The molecule has 2 aliphatic carbocycles. The summed E-state index contributed by atoms with van der Waals surface area (Å²) in [7, 11) is 0. The number of rotatable bonds is 6. The summed E-state index contributed by atoms with van der Waals surface area (Å²) < 4.78 is 0. The van der Waals surface area contributed by atoms with Gasteiger partial charge >= 0.3 is 0 Å². The predicted molar refractivity (Wildman–Crippen MR) is 72.5 cm³/mol. The molecule has 4 nitrogen and oxygen atoms in total. The van der Waals surface area contributed by atoms with E-state index < -0.39 is 0 Å². The smallest absolute Gasteiger partial charge is 0.225 e. The number of nitrogens with zero attached hydrogens (tertiary/aromatic N) is 3. The Kier molecular flexibility index (Phi) is 3.20. The van der Waals surface area contributed by atoms with Gasteiger partial charge in [0.1, 0.15) is 0 Å². The summed E-state index contributed by atoms with van der Waals surface area (Å²) in [6.45, 7) is 3.16. The predicted octanol–water partition coefficient (Wildman–Crippen LogP) is 1.75. The maximum Gasteiger partial charge on any atom is 0.225 e. The van der Waals surface area contributed by atoms with Gasteiger partial charge in [-0.1, -0.05) is 0 Å². The van der Waals surface area contributed by atoms with Gasteiger partial charge in [-0.25, -0.2) is 9.97 Å². The average Bonchev–Trinajstić information content (AvgIpc) is 3.20. The fourth-order valence-electron chi connectivity index (χ4n) is 2.33. The van der Waals surface area contributed by atoms with Crippen molar-refractivity contribution in [2.24, 2.45) is 11.7 Å². The van der Waals surface area contributed by atoms with E-state index in [0.29, 0.717) is 6.04 Å². The summed E-state index contributed by atoms with van der Waals surface area (Å²) in [6, 6.07) is 0.871. The van der Waals surface area contributed by atoms with Gasteiger partial charge in [-0.15, -0.1) is 0 Å². The fourth-order valence-corrected chi connectivity index (χ4v) is 2.33. The Labute approximate surface area is 109 Å². The van der Waals surface area contributed by atoms with Crippen molar-refractivity contribution in [1.82, 2.24) is 9.97 Å². The van der Waals surface area contributed by atoms with Crippen molar-refractivity contribution in [3.8, 4) is 0 Å².